The van der Waals surface area contributed by atoms with Crippen LogP contribution in [0, 0.1) is 22.2 Å². The van der Waals surface area contributed by atoms with Crippen molar-refractivity contribution in [2.45, 2.75) is 65.1 Å². The molecule has 1 unspecified atom stereocenters. The van der Waals surface area contributed by atoms with Gasteiger partial charge in [0.2, 0.25) is 11.8 Å². The van der Waals surface area contributed by atoms with Crippen molar-refractivity contribution in [2.75, 3.05) is 31.1 Å². The number of likely N-dealkylation sites (tertiary alicyclic amines) is 1. The van der Waals surface area contributed by atoms with Crippen molar-refractivity contribution in [3.8, 4) is 11.8 Å². The van der Waals surface area contributed by atoms with Crippen molar-refractivity contribution >= 4 is 35.1 Å². The monoisotopic (exact) mass is 669 g/mol. The number of nitrogens with zero attached hydrogens (tertiary/aromatic N) is 6. The van der Waals surface area contributed by atoms with Gasteiger partial charge in [0.05, 0.1) is 22.5 Å². The van der Waals surface area contributed by atoms with E-state index in [1.54, 1.807) is 30.3 Å². The number of hydrogen-bond acceptors (Lipinski definition) is 9. The Morgan fingerprint density at radius 3 is 2.27 bits per heavy atom. The molecule has 1 saturated carbocycles. The first-order valence-corrected chi connectivity index (χ1v) is 16.6. The van der Waals surface area contributed by atoms with Gasteiger partial charge in [-0.25, -0.2) is 0 Å². The molecule has 0 spiro atoms. The lowest BCUT2D eigenvalue weighted by Gasteiger charge is -2.65. The molecule has 1 atom stereocenters. The van der Waals surface area contributed by atoms with Gasteiger partial charge in [0, 0.05) is 56.0 Å². The molecule has 2 aliphatic heterocycles. The summed E-state index contributed by atoms with van der Waals surface area (Å²) < 4.78 is 6.41. The highest BCUT2D eigenvalue weighted by atomic mass is 35.5. The number of ether oxygens (including phenoxy) is 1. The van der Waals surface area contributed by atoms with Crippen LogP contribution in [-0.2, 0) is 16.1 Å². The molecule has 0 radical (unpaired) electrons. The summed E-state index contributed by atoms with van der Waals surface area (Å²) in [6.45, 7) is 12.2. The van der Waals surface area contributed by atoms with E-state index in [-0.39, 0.29) is 29.7 Å². The van der Waals surface area contributed by atoms with E-state index in [1.165, 1.54) is 4.90 Å². The summed E-state index contributed by atoms with van der Waals surface area (Å²) in [7, 11) is 0. The number of hydrogen-bond donors (Lipinski definition) is 1. The van der Waals surface area contributed by atoms with Crippen LogP contribution in [0.5, 0.6) is 5.75 Å². The van der Waals surface area contributed by atoms with E-state index >= 15 is 0 Å². The van der Waals surface area contributed by atoms with Gasteiger partial charge in [-0.2, -0.15) is 5.26 Å². The predicted molar refractivity (Wildman–Crippen MR) is 180 cm³/mol. The number of imide groups is 1. The summed E-state index contributed by atoms with van der Waals surface area (Å²) in [6.07, 6.45) is 0.490. The molecule has 12 heteroatoms. The third kappa shape index (κ3) is 6.11. The number of amides is 3. The Hall–Kier alpha value is -4.53. The maximum atomic E-state index is 14.1. The number of carbonyl (C=O) groups is 3. The molecule has 6 rings (SSSR count). The molecule has 1 aliphatic carbocycles. The molecule has 3 amide bonds. The van der Waals surface area contributed by atoms with Crippen molar-refractivity contribution in [1.82, 2.24) is 20.0 Å². The number of carbonyl (C=O) groups excluding carboxylic acids is 3. The largest absolute Gasteiger partial charge is 0.489 e. The van der Waals surface area contributed by atoms with Gasteiger partial charge in [-0.3, -0.25) is 24.2 Å². The molecule has 1 aromatic heterocycles. The number of nitriles is 1. The number of halogens is 1. The topological polar surface area (TPSA) is 146 Å². The molecule has 2 N–H and O–H groups in total. The highest BCUT2D eigenvalue weighted by molar-refractivity contribution is 6.31. The molecular formula is C36H40ClN7O4. The number of benzene rings is 2. The van der Waals surface area contributed by atoms with Crippen LogP contribution >= 0.6 is 11.6 Å². The van der Waals surface area contributed by atoms with E-state index in [9.17, 15) is 19.6 Å². The summed E-state index contributed by atoms with van der Waals surface area (Å²) >= 11 is 6.26. The highest BCUT2D eigenvalue weighted by Gasteiger charge is 2.68. The zero-order chi connectivity index (χ0) is 34.4. The fourth-order valence-electron chi connectivity index (χ4n) is 8.13. The van der Waals surface area contributed by atoms with Gasteiger partial charge in [0.1, 0.15) is 17.9 Å². The summed E-state index contributed by atoms with van der Waals surface area (Å²) in [5.41, 5.74) is 6.81. The number of piperazine rings is 1. The SMILES string of the molecule is CC1(C)C(Oc2ccc(C#N)c(Cl)c2)C(C)(C)C1N1C(=O)CCC(c2ccc(CN3CCN(c4ccc(C(N)=O)nn4)CC3)cc2)C1=O. The van der Waals surface area contributed by atoms with Crippen LogP contribution in [0.2, 0.25) is 5.02 Å². The first-order valence-electron chi connectivity index (χ1n) is 16.2. The Morgan fingerprint density at radius 2 is 1.69 bits per heavy atom. The fraction of sp³-hybridized carbons (Fsp3) is 0.444. The molecular weight excluding hydrogens is 630 g/mol. The Morgan fingerprint density at radius 1 is 1.00 bits per heavy atom. The minimum atomic E-state index is -0.596. The van der Waals surface area contributed by atoms with E-state index in [1.807, 2.05) is 39.8 Å². The maximum Gasteiger partial charge on any atom is 0.269 e. The minimum Gasteiger partial charge on any atom is -0.489 e. The third-order valence-electron chi connectivity index (χ3n) is 10.2. The van der Waals surface area contributed by atoms with Gasteiger partial charge in [-0.15, -0.1) is 10.2 Å². The first kappa shape index (κ1) is 33.4. The number of primary amides is 1. The fourth-order valence-corrected chi connectivity index (χ4v) is 8.34. The number of anilines is 1. The van der Waals surface area contributed by atoms with Crippen LogP contribution in [0.25, 0.3) is 0 Å². The van der Waals surface area contributed by atoms with Crippen molar-refractivity contribution in [3.05, 3.63) is 82.0 Å². The average Bonchev–Trinajstić information content (AvgIpc) is 3.06. The van der Waals surface area contributed by atoms with Crippen LogP contribution in [-0.4, -0.2) is 76.0 Å². The highest BCUT2D eigenvalue weighted by Crippen LogP contribution is 2.59. The number of aromatic nitrogens is 2. The lowest BCUT2D eigenvalue weighted by Crippen LogP contribution is -2.76. The van der Waals surface area contributed by atoms with E-state index in [4.69, 9.17) is 22.1 Å². The van der Waals surface area contributed by atoms with Gasteiger partial charge in [-0.1, -0.05) is 63.6 Å². The quantitative estimate of drug-likeness (QED) is 0.342. The minimum absolute atomic E-state index is 0.146. The second-order valence-corrected chi connectivity index (χ2v) is 14.5. The molecule has 3 aromatic rings. The smallest absolute Gasteiger partial charge is 0.269 e. The molecule has 48 heavy (non-hydrogen) atoms. The van der Waals surface area contributed by atoms with Gasteiger partial charge >= 0.3 is 0 Å². The summed E-state index contributed by atoms with van der Waals surface area (Å²) in [5, 5.41) is 17.6. The zero-order valence-corrected chi connectivity index (χ0v) is 28.4. The zero-order valence-electron chi connectivity index (χ0n) is 27.6. The molecule has 0 bridgehead atoms. The Labute approximate surface area is 285 Å². The lowest BCUT2D eigenvalue weighted by molar-refractivity contribution is -0.215. The molecule has 250 valence electrons. The Balaban J connectivity index is 1.09. The average molecular weight is 670 g/mol. The van der Waals surface area contributed by atoms with Gasteiger partial charge in [0.25, 0.3) is 5.91 Å². The number of piperidine rings is 1. The molecule has 2 aromatic carbocycles. The summed E-state index contributed by atoms with van der Waals surface area (Å²) in [5.74, 6) is -0.0268. The van der Waals surface area contributed by atoms with E-state index in [0.29, 0.717) is 29.2 Å². The van der Waals surface area contributed by atoms with Crippen LogP contribution in [0.15, 0.2) is 54.6 Å². The van der Waals surface area contributed by atoms with Crippen molar-refractivity contribution in [3.63, 3.8) is 0 Å². The number of nitrogens with two attached hydrogens (primary N) is 1. The van der Waals surface area contributed by atoms with Crippen LogP contribution in [0.3, 0.4) is 0 Å². The third-order valence-corrected chi connectivity index (χ3v) is 10.5. The van der Waals surface area contributed by atoms with Gasteiger partial charge < -0.3 is 15.4 Å². The first-order chi connectivity index (χ1) is 22.8. The second kappa shape index (κ2) is 12.8. The molecule has 11 nitrogen and oxygen atoms in total. The van der Waals surface area contributed by atoms with E-state index in [2.05, 4.69) is 38.2 Å². The summed E-state index contributed by atoms with van der Waals surface area (Å²) in [6, 6.07) is 18.3. The Bertz CT molecular complexity index is 1750. The molecule has 2 saturated heterocycles. The molecule has 3 heterocycles. The molecule has 3 aliphatic rings. The van der Waals surface area contributed by atoms with Crippen molar-refractivity contribution in [2.24, 2.45) is 16.6 Å². The lowest BCUT2D eigenvalue weighted by atomic mass is 9.48. The van der Waals surface area contributed by atoms with Crippen molar-refractivity contribution < 1.29 is 19.1 Å². The standard InChI is InChI=1S/C36H40ClN7O4/c1-35(2)33(36(3,4)34(35)48-25-10-9-24(20-38)27(37)19-25)44-30(45)14-11-26(32(44)47)23-7-5-22(6-8-23)21-42-15-17-43(18-16-42)29-13-12-28(31(39)46)40-41-29/h5-10,12-13,19,26,33-34H,11,14-18,21H2,1-4H3,(H2,39,46). The normalized spacial score (nSPS) is 23.7. The Kier molecular flexibility index (Phi) is 8.92. The predicted octanol–water partition coefficient (Wildman–Crippen LogP) is 4.54. The van der Waals surface area contributed by atoms with Gasteiger partial charge in [-0.05, 0) is 41.8 Å². The van der Waals surface area contributed by atoms with Crippen LogP contribution in [0.1, 0.15) is 73.6 Å². The number of rotatable bonds is 8. The van der Waals surface area contributed by atoms with E-state index < -0.39 is 22.7 Å². The summed E-state index contributed by atoms with van der Waals surface area (Å²) in [4.78, 5) is 44.8. The van der Waals surface area contributed by atoms with Crippen LogP contribution < -0.4 is 15.4 Å². The van der Waals surface area contributed by atoms with E-state index in [0.717, 1.165) is 49.7 Å². The maximum absolute atomic E-state index is 14.1. The molecule has 3 fully saturated rings. The van der Waals surface area contributed by atoms with Crippen LogP contribution in [0.4, 0.5) is 5.82 Å². The second-order valence-electron chi connectivity index (χ2n) is 14.1. The van der Waals surface area contributed by atoms with Crippen molar-refractivity contribution in [1.29, 1.82) is 5.26 Å². The van der Waals surface area contributed by atoms with Gasteiger partial charge in [0.15, 0.2) is 11.5 Å².